The smallest absolute Gasteiger partial charge is 0.115 e. The third-order valence-electron chi connectivity index (χ3n) is 5.78. The van der Waals surface area contributed by atoms with Crippen LogP contribution in [0.2, 0.25) is 0 Å². The molecule has 3 aromatic carbocycles. The number of phenolic OH excluding ortho intramolecular Hbond substituents is 1. The summed E-state index contributed by atoms with van der Waals surface area (Å²) in [4.78, 5) is 0. The molecule has 3 aromatic rings. The summed E-state index contributed by atoms with van der Waals surface area (Å²) in [5.74, 6) is 0.283. The molecular weight excluding hydrogens is 354 g/mol. The van der Waals surface area contributed by atoms with E-state index in [9.17, 15) is 5.11 Å². The number of nitrogens with two attached hydrogens (primary N) is 1. The third-order valence-corrected chi connectivity index (χ3v) is 5.78. The Bertz CT molecular complexity index is 1120. The molecule has 0 unspecified atom stereocenters. The summed E-state index contributed by atoms with van der Waals surface area (Å²) >= 11 is 0. The molecule has 3 N–H and O–H groups in total. The third kappa shape index (κ3) is 3.71. The number of aryl methyl sites for hydroxylation is 3. The minimum Gasteiger partial charge on any atom is -0.508 e. The molecule has 0 atom stereocenters. The van der Waals surface area contributed by atoms with Gasteiger partial charge in [-0.25, -0.2) is 0 Å². The van der Waals surface area contributed by atoms with Crippen LogP contribution in [0.1, 0.15) is 51.8 Å². The largest absolute Gasteiger partial charge is 0.508 e. The van der Waals surface area contributed by atoms with Crippen molar-refractivity contribution < 1.29 is 5.11 Å². The number of hydrogen-bond acceptors (Lipinski definition) is 2. The van der Waals surface area contributed by atoms with Gasteiger partial charge in [0.05, 0.1) is 0 Å². The van der Waals surface area contributed by atoms with Gasteiger partial charge in [-0.05, 0) is 95.8 Å². The summed E-state index contributed by atoms with van der Waals surface area (Å²) < 4.78 is 0. The Morgan fingerprint density at radius 2 is 1.62 bits per heavy atom. The maximum Gasteiger partial charge on any atom is 0.115 e. The zero-order chi connectivity index (χ0) is 20.5. The zero-order valence-corrected chi connectivity index (χ0v) is 17.1. The van der Waals surface area contributed by atoms with Crippen molar-refractivity contribution >= 4 is 16.8 Å². The highest BCUT2D eigenvalue weighted by atomic mass is 16.3. The van der Waals surface area contributed by atoms with E-state index in [0.717, 1.165) is 30.4 Å². The summed E-state index contributed by atoms with van der Waals surface area (Å²) in [6.45, 7) is 8.23. The number of phenols is 1. The first-order chi connectivity index (χ1) is 13.9. The highest BCUT2D eigenvalue weighted by molar-refractivity contribution is 6.00. The highest BCUT2D eigenvalue weighted by Crippen LogP contribution is 2.41. The predicted molar refractivity (Wildman–Crippen MR) is 123 cm³/mol. The molecule has 0 spiro atoms. The quantitative estimate of drug-likeness (QED) is 0.564. The minimum atomic E-state index is 0.283. The van der Waals surface area contributed by atoms with Gasteiger partial charge in [0.1, 0.15) is 5.75 Å². The van der Waals surface area contributed by atoms with Crippen LogP contribution in [0.3, 0.4) is 0 Å². The summed E-state index contributed by atoms with van der Waals surface area (Å²) in [5, 5.41) is 9.82. The first kappa shape index (κ1) is 19.1. The fourth-order valence-electron chi connectivity index (χ4n) is 4.37. The van der Waals surface area contributed by atoms with Gasteiger partial charge in [-0.15, -0.1) is 0 Å². The number of fused-ring (bicyclic) bond motifs is 1. The average Bonchev–Trinajstić information content (AvgIpc) is 2.87. The summed E-state index contributed by atoms with van der Waals surface area (Å²) in [5.41, 5.74) is 17.7. The second-order valence-electron chi connectivity index (χ2n) is 7.97. The second-order valence-corrected chi connectivity index (χ2v) is 7.97. The molecule has 2 heteroatoms. The highest BCUT2D eigenvalue weighted by Gasteiger charge is 2.21. The van der Waals surface area contributed by atoms with E-state index in [4.69, 9.17) is 5.73 Å². The van der Waals surface area contributed by atoms with E-state index in [1.165, 1.54) is 39.0 Å². The van der Waals surface area contributed by atoms with E-state index >= 15 is 0 Å². The lowest BCUT2D eigenvalue weighted by Crippen LogP contribution is -2.00. The van der Waals surface area contributed by atoms with E-state index in [-0.39, 0.29) is 5.75 Å². The van der Waals surface area contributed by atoms with Crippen molar-refractivity contribution in [1.82, 2.24) is 0 Å². The van der Waals surface area contributed by atoms with Crippen molar-refractivity contribution in [2.75, 3.05) is 0 Å². The van der Waals surface area contributed by atoms with E-state index in [1.54, 1.807) is 12.1 Å². The zero-order valence-electron chi connectivity index (χ0n) is 17.1. The number of rotatable bonds is 3. The lowest BCUT2D eigenvalue weighted by molar-refractivity contribution is 0.475. The molecule has 0 bridgehead atoms. The van der Waals surface area contributed by atoms with Crippen molar-refractivity contribution in [2.24, 2.45) is 5.73 Å². The molecule has 1 aliphatic rings. The molecule has 0 saturated heterocycles. The Labute approximate surface area is 173 Å². The first-order valence-corrected chi connectivity index (χ1v) is 10.1. The molecule has 1 aliphatic carbocycles. The van der Waals surface area contributed by atoms with Gasteiger partial charge in [0.25, 0.3) is 0 Å². The van der Waals surface area contributed by atoms with Crippen LogP contribution in [0, 0.1) is 13.8 Å². The normalized spacial score (nSPS) is 13.7. The molecule has 0 amide bonds. The minimum absolute atomic E-state index is 0.283. The lowest BCUT2D eigenvalue weighted by Gasteiger charge is -2.19. The van der Waals surface area contributed by atoms with Gasteiger partial charge in [0.15, 0.2) is 0 Å². The Hall–Kier alpha value is -3.26. The van der Waals surface area contributed by atoms with Crippen molar-refractivity contribution in [3.63, 3.8) is 0 Å². The molecule has 29 heavy (non-hydrogen) atoms. The van der Waals surface area contributed by atoms with Crippen LogP contribution in [0.25, 0.3) is 16.8 Å². The van der Waals surface area contributed by atoms with E-state index in [1.807, 2.05) is 12.1 Å². The molecular formula is C27H27NO. The number of allylic oxidation sites excluding steroid dienone is 1. The summed E-state index contributed by atoms with van der Waals surface area (Å²) in [6.07, 6.45) is 3.10. The van der Waals surface area contributed by atoms with Gasteiger partial charge < -0.3 is 10.8 Å². The van der Waals surface area contributed by atoms with Crippen molar-refractivity contribution in [2.45, 2.75) is 33.1 Å². The van der Waals surface area contributed by atoms with Crippen LogP contribution in [0.4, 0.5) is 0 Å². The molecule has 0 radical (unpaired) electrons. The lowest BCUT2D eigenvalue weighted by atomic mass is 9.85. The molecule has 4 rings (SSSR count). The van der Waals surface area contributed by atoms with Gasteiger partial charge in [0.2, 0.25) is 0 Å². The van der Waals surface area contributed by atoms with Crippen LogP contribution in [-0.2, 0) is 6.42 Å². The van der Waals surface area contributed by atoms with E-state index in [0.29, 0.717) is 5.70 Å². The molecule has 0 aromatic heterocycles. The van der Waals surface area contributed by atoms with Crippen LogP contribution in [0.5, 0.6) is 5.75 Å². The molecule has 0 saturated carbocycles. The number of aromatic hydroxyl groups is 1. The van der Waals surface area contributed by atoms with Crippen LogP contribution < -0.4 is 5.73 Å². The number of benzene rings is 3. The topological polar surface area (TPSA) is 46.2 Å². The van der Waals surface area contributed by atoms with Gasteiger partial charge in [-0.3, -0.25) is 0 Å². The van der Waals surface area contributed by atoms with Crippen molar-refractivity contribution in [1.29, 1.82) is 0 Å². The molecule has 0 heterocycles. The second kappa shape index (κ2) is 7.63. The molecule has 146 valence electrons. The van der Waals surface area contributed by atoms with Gasteiger partial charge >= 0.3 is 0 Å². The summed E-state index contributed by atoms with van der Waals surface area (Å²) in [7, 11) is 0. The van der Waals surface area contributed by atoms with E-state index < -0.39 is 0 Å². The number of hydrogen-bond donors (Lipinski definition) is 2. The fraction of sp³-hybridized carbons (Fsp3) is 0.185. The molecule has 2 nitrogen and oxygen atoms in total. The standard InChI is InChI=1S/C27H27NO/c1-17-7-13-24(18(2)15-17)26-6-4-5-22-16-21(19(3)28)10-14-25(22)27(26)20-8-11-23(29)12-9-20/h7-16,29H,3-6,28H2,1-2H3. The molecule has 0 fully saturated rings. The van der Waals surface area contributed by atoms with Gasteiger partial charge in [0, 0.05) is 5.70 Å². The molecule has 0 aliphatic heterocycles. The Morgan fingerprint density at radius 3 is 2.31 bits per heavy atom. The van der Waals surface area contributed by atoms with Crippen LogP contribution >= 0.6 is 0 Å². The maximum atomic E-state index is 9.82. The average molecular weight is 382 g/mol. The first-order valence-electron chi connectivity index (χ1n) is 10.1. The van der Waals surface area contributed by atoms with Crippen molar-refractivity contribution in [3.8, 4) is 5.75 Å². The maximum absolute atomic E-state index is 9.82. The van der Waals surface area contributed by atoms with Gasteiger partial charge in [-0.1, -0.05) is 54.6 Å². The predicted octanol–water partition coefficient (Wildman–Crippen LogP) is 6.23. The van der Waals surface area contributed by atoms with Gasteiger partial charge in [-0.2, -0.15) is 0 Å². The SMILES string of the molecule is C=C(N)c1ccc2c(c1)CCCC(c1ccc(C)cc1C)=C2c1ccc(O)cc1. The fourth-order valence-corrected chi connectivity index (χ4v) is 4.37. The Kier molecular flexibility index (Phi) is 5.02. The van der Waals surface area contributed by atoms with E-state index in [2.05, 4.69) is 56.8 Å². The Balaban J connectivity index is 2.02. The monoisotopic (exact) mass is 381 g/mol. The van der Waals surface area contributed by atoms with Crippen molar-refractivity contribution in [3.05, 3.63) is 106 Å². The summed E-state index contributed by atoms with van der Waals surface area (Å²) in [6, 6.07) is 20.7. The van der Waals surface area contributed by atoms with Crippen LogP contribution in [0.15, 0.2) is 67.2 Å². The Morgan fingerprint density at radius 1 is 0.897 bits per heavy atom. The van der Waals surface area contributed by atoms with Crippen LogP contribution in [-0.4, -0.2) is 5.11 Å².